The Kier molecular flexibility index (Phi) is 10.0. The van der Waals surface area contributed by atoms with Crippen LogP contribution < -0.4 is 0 Å². The van der Waals surface area contributed by atoms with Gasteiger partial charge < -0.3 is 10.2 Å². The van der Waals surface area contributed by atoms with Crippen molar-refractivity contribution in [1.82, 2.24) is 4.90 Å². The van der Waals surface area contributed by atoms with Gasteiger partial charge in [0.1, 0.15) is 0 Å². The van der Waals surface area contributed by atoms with E-state index in [1.165, 1.54) is 28.8 Å². The Bertz CT molecular complexity index is 1270. The number of hydrogen-bond donors (Lipinski definition) is 2. The molecule has 0 amide bonds. The fourth-order valence-corrected chi connectivity index (χ4v) is 4.00. The van der Waals surface area contributed by atoms with Gasteiger partial charge in [0.05, 0.1) is 5.56 Å². The standard InChI is InChI=1S/C26H24F3N.C4H4O4/c27-26(28,29)25-8-4-7-24(19-25)23-14-17-30(18-15-23)16-13-20-9-11-22(12-10-20)21-5-2-1-3-6-21;5-3(6)1-2-4(7)8/h1-12,14,19H,13,15-18H2;1-2H,(H,5,6)(H,7,8)/b;2-1+. The lowest BCUT2D eigenvalue weighted by atomic mass is 9.97. The van der Waals surface area contributed by atoms with Crippen LogP contribution in [0.1, 0.15) is 23.1 Å². The first-order chi connectivity index (χ1) is 18.1. The van der Waals surface area contributed by atoms with E-state index >= 15 is 0 Å². The van der Waals surface area contributed by atoms with E-state index in [4.69, 9.17) is 10.2 Å². The molecule has 0 radical (unpaired) electrons. The van der Waals surface area contributed by atoms with Crippen LogP contribution in [0.4, 0.5) is 13.2 Å². The summed E-state index contributed by atoms with van der Waals surface area (Å²) in [6, 6.07) is 24.6. The molecule has 1 heterocycles. The van der Waals surface area contributed by atoms with E-state index in [2.05, 4.69) is 47.4 Å². The van der Waals surface area contributed by atoms with E-state index in [0.29, 0.717) is 17.7 Å². The molecule has 0 aliphatic carbocycles. The average molecular weight is 524 g/mol. The molecule has 0 saturated heterocycles. The second-order valence-corrected chi connectivity index (χ2v) is 8.68. The first-order valence-electron chi connectivity index (χ1n) is 12.0. The Morgan fingerprint density at radius 2 is 1.42 bits per heavy atom. The van der Waals surface area contributed by atoms with E-state index in [-0.39, 0.29) is 0 Å². The van der Waals surface area contributed by atoms with E-state index < -0.39 is 23.7 Å². The molecule has 0 aromatic heterocycles. The number of rotatable bonds is 7. The van der Waals surface area contributed by atoms with Gasteiger partial charge in [-0.3, -0.25) is 4.90 Å². The van der Waals surface area contributed by atoms with Gasteiger partial charge in [0.15, 0.2) is 0 Å². The smallest absolute Gasteiger partial charge is 0.416 e. The number of alkyl halides is 3. The molecule has 0 bridgehead atoms. The summed E-state index contributed by atoms with van der Waals surface area (Å²) in [6.07, 6.45) is 0.617. The fourth-order valence-electron chi connectivity index (χ4n) is 4.00. The number of halogens is 3. The molecule has 1 aliphatic heterocycles. The Hall–Kier alpha value is -4.17. The monoisotopic (exact) mass is 523 g/mol. The molecular weight excluding hydrogens is 495 g/mol. The van der Waals surface area contributed by atoms with Gasteiger partial charge in [0.2, 0.25) is 0 Å². The van der Waals surface area contributed by atoms with Crippen LogP contribution >= 0.6 is 0 Å². The molecule has 0 unspecified atom stereocenters. The Morgan fingerprint density at radius 3 is 1.97 bits per heavy atom. The molecule has 0 spiro atoms. The highest BCUT2D eigenvalue weighted by atomic mass is 19.4. The Balaban J connectivity index is 0.000000436. The molecule has 3 aromatic rings. The quantitative estimate of drug-likeness (QED) is 0.350. The highest BCUT2D eigenvalue weighted by molar-refractivity contribution is 5.89. The third-order valence-electron chi connectivity index (χ3n) is 6.00. The lowest BCUT2D eigenvalue weighted by Crippen LogP contribution is -2.30. The van der Waals surface area contributed by atoms with Gasteiger partial charge in [-0.05, 0) is 52.8 Å². The fraction of sp³-hybridized carbons (Fsp3) is 0.200. The van der Waals surface area contributed by atoms with Crippen LogP contribution in [-0.4, -0.2) is 46.7 Å². The first-order valence-corrected chi connectivity index (χ1v) is 12.0. The van der Waals surface area contributed by atoms with Crippen molar-refractivity contribution in [3.05, 3.63) is 114 Å². The molecule has 0 saturated carbocycles. The van der Waals surface area contributed by atoms with Crippen molar-refractivity contribution >= 4 is 17.5 Å². The molecule has 2 N–H and O–H groups in total. The largest absolute Gasteiger partial charge is 0.478 e. The highest BCUT2D eigenvalue weighted by Crippen LogP contribution is 2.32. The van der Waals surface area contributed by atoms with E-state index in [1.54, 1.807) is 6.07 Å². The van der Waals surface area contributed by atoms with Crippen LogP contribution in [0, 0.1) is 0 Å². The maximum Gasteiger partial charge on any atom is 0.416 e. The van der Waals surface area contributed by atoms with Crippen molar-refractivity contribution in [3.63, 3.8) is 0 Å². The summed E-state index contributed by atoms with van der Waals surface area (Å²) in [7, 11) is 0. The normalized spacial score (nSPS) is 13.9. The van der Waals surface area contributed by atoms with Crippen molar-refractivity contribution in [2.75, 3.05) is 19.6 Å². The lowest BCUT2D eigenvalue weighted by Gasteiger charge is -2.26. The number of benzene rings is 3. The molecule has 4 rings (SSSR count). The molecule has 0 atom stereocenters. The number of carbonyl (C=O) groups is 2. The van der Waals surface area contributed by atoms with Crippen LogP contribution in [0.3, 0.4) is 0 Å². The Labute approximate surface area is 219 Å². The molecule has 1 aliphatic rings. The third kappa shape index (κ3) is 9.05. The van der Waals surface area contributed by atoms with Crippen molar-refractivity contribution in [2.45, 2.75) is 19.0 Å². The number of nitrogens with zero attached hydrogens (tertiary/aromatic N) is 1. The van der Waals surface area contributed by atoms with Crippen molar-refractivity contribution in [1.29, 1.82) is 0 Å². The lowest BCUT2D eigenvalue weighted by molar-refractivity contribution is -0.137. The molecular formula is C30H28F3NO4. The van der Waals surface area contributed by atoms with E-state index in [1.807, 2.05) is 18.2 Å². The molecule has 198 valence electrons. The predicted octanol–water partition coefficient (Wildman–Crippen LogP) is 6.42. The van der Waals surface area contributed by atoms with E-state index in [0.717, 1.165) is 44.1 Å². The van der Waals surface area contributed by atoms with Crippen LogP contribution in [0.5, 0.6) is 0 Å². The molecule has 8 heteroatoms. The third-order valence-corrected chi connectivity index (χ3v) is 6.00. The summed E-state index contributed by atoms with van der Waals surface area (Å²) in [4.78, 5) is 21.5. The second-order valence-electron chi connectivity index (χ2n) is 8.68. The number of carboxylic acids is 2. The average Bonchev–Trinajstić information content (AvgIpc) is 2.92. The zero-order valence-corrected chi connectivity index (χ0v) is 20.6. The zero-order valence-electron chi connectivity index (χ0n) is 20.6. The number of aliphatic carboxylic acids is 2. The minimum absolute atomic E-state index is 0.558. The van der Waals surface area contributed by atoms with Crippen LogP contribution in [0.15, 0.2) is 97.1 Å². The Morgan fingerprint density at radius 1 is 0.816 bits per heavy atom. The van der Waals surface area contributed by atoms with Gasteiger partial charge in [-0.15, -0.1) is 0 Å². The summed E-state index contributed by atoms with van der Waals surface area (Å²) in [5.41, 5.74) is 4.83. The van der Waals surface area contributed by atoms with Crippen LogP contribution in [0.25, 0.3) is 16.7 Å². The van der Waals surface area contributed by atoms with Gasteiger partial charge >= 0.3 is 18.1 Å². The van der Waals surface area contributed by atoms with Gasteiger partial charge in [-0.25, -0.2) is 9.59 Å². The minimum atomic E-state index is -4.30. The summed E-state index contributed by atoms with van der Waals surface area (Å²) in [5, 5.41) is 15.6. The van der Waals surface area contributed by atoms with Gasteiger partial charge in [-0.2, -0.15) is 13.2 Å². The predicted molar refractivity (Wildman–Crippen MR) is 140 cm³/mol. The maximum atomic E-state index is 13.0. The molecule has 5 nitrogen and oxygen atoms in total. The first kappa shape index (κ1) is 28.4. The topological polar surface area (TPSA) is 77.8 Å². The summed E-state index contributed by atoms with van der Waals surface area (Å²) in [5.74, 6) is -2.51. The number of hydrogen-bond acceptors (Lipinski definition) is 3. The van der Waals surface area contributed by atoms with Crippen LogP contribution in [0.2, 0.25) is 0 Å². The van der Waals surface area contributed by atoms with Gasteiger partial charge in [0, 0.05) is 31.8 Å². The van der Waals surface area contributed by atoms with Gasteiger partial charge in [-0.1, -0.05) is 72.8 Å². The van der Waals surface area contributed by atoms with Crippen molar-refractivity contribution in [2.24, 2.45) is 0 Å². The second kappa shape index (κ2) is 13.4. The van der Waals surface area contributed by atoms with E-state index in [9.17, 15) is 22.8 Å². The van der Waals surface area contributed by atoms with Crippen molar-refractivity contribution in [3.8, 4) is 11.1 Å². The maximum absolute atomic E-state index is 13.0. The number of carboxylic acid groups (broad SMARTS) is 2. The summed E-state index contributed by atoms with van der Waals surface area (Å²) in [6.45, 7) is 2.58. The highest BCUT2D eigenvalue weighted by Gasteiger charge is 2.30. The van der Waals surface area contributed by atoms with Gasteiger partial charge in [0.25, 0.3) is 0 Å². The molecule has 3 aromatic carbocycles. The molecule has 0 fully saturated rings. The molecule has 38 heavy (non-hydrogen) atoms. The minimum Gasteiger partial charge on any atom is -0.478 e. The SMILES string of the molecule is FC(F)(F)c1cccc(C2=CCN(CCc3ccc(-c4ccccc4)cc3)CC2)c1.O=C(O)/C=C/C(=O)O. The summed E-state index contributed by atoms with van der Waals surface area (Å²) < 4.78 is 38.9. The zero-order chi connectivity index (χ0) is 27.5. The van der Waals surface area contributed by atoms with Crippen LogP contribution in [-0.2, 0) is 22.2 Å². The summed E-state index contributed by atoms with van der Waals surface area (Å²) >= 11 is 0. The van der Waals surface area contributed by atoms with Crippen molar-refractivity contribution < 1.29 is 33.0 Å².